The van der Waals surface area contributed by atoms with Crippen LogP contribution in [-0.2, 0) is 0 Å². The van der Waals surface area contributed by atoms with E-state index in [0.717, 1.165) is 88.7 Å². The van der Waals surface area contributed by atoms with Gasteiger partial charge < -0.3 is 18.2 Å². The third kappa shape index (κ3) is 4.15. The van der Waals surface area contributed by atoms with E-state index < -0.39 is 0 Å². The summed E-state index contributed by atoms with van der Waals surface area (Å²) in [6.45, 7) is 0. The van der Waals surface area contributed by atoms with Gasteiger partial charge in [0, 0.05) is 33.1 Å². The van der Waals surface area contributed by atoms with Gasteiger partial charge in [-0.25, -0.2) is 4.98 Å². The Morgan fingerprint density at radius 1 is 0.417 bits per heavy atom. The Hall–Kier alpha value is -6.59. The van der Waals surface area contributed by atoms with Crippen molar-refractivity contribution in [3.05, 3.63) is 158 Å². The molecular weight excluding hydrogens is 592 g/mol. The van der Waals surface area contributed by atoms with E-state index in [1.54, 1.807) is 0 Å². The lowest BCUT2D eigenvalue weighted by atomic mass is 10.0. The zero-order chi connectivity index (χ0) is 31.6. The number of hydrogen-bond donors (Lipinski definition) is 0. The molecule has 7 aromatic carbocycles. The van der Waals surface area contributed by atoms with Crippen LogP contribution in [0.15, 0.2) is 171 Å². The minimum atomic E-state index is 0.559. The molecule has 0 atom stereocenters. The summed E-state index contributed by atoms with van der Waals surface area (Å²) in [5.41, 5.74) is 11.0. The Labute approximate surface area is 274 Å². The van der Waals surface area contributed by atoms with Gasteiger partial charge in [0.25, 0.3) is 0 Å². The van der Waals surface area contributed by atoms with E-state index in [2.05, 4.69) is 102 Å². The van der Waals surface area contributed by atoms with Gasteiger partial charge in [0.05, 0.1) is 11.1 Å². The smallest absolute Gasteiger partial charge is 0.228 e. The van der Waals surface area contributed by atoms with Crippen molar-refractivity contribution in [2.24, 2.45) is 0 Å². The minimum absolute atomic E-state index is 0.559. The van der Waals surface area contributed by atoms with Gasteiger partial charge in [-0.3, -0.25) is 0 Å². The van der Waals surface area contributed by atoms with E-state index in [1.165, 1.54) is 0 Å². The molecule has 10 rings (SSSR count). The maximum atomic E-state index is 6.55. The zero-order valence-corrected chi connectivity index (χ0v) is 25.6. The fourth-order valence-electron chi connectivity index (χ4n) is 6.94. The van der Waals surface area contributed by atoms with Crippen LogP contribution < -0.4 is 4.90 Å². The second-order valence-corrected chi connectivity index (χ2v) is 11.9. The molecule has 0 aliphatic carbocycles. The Morgan fingerprint density at radius 2 is 1.08 bits per heavy atom. The van der Waals surface area contributed by atoms with Crippen molar-refractivity contribution in [2.75, 3.05) is 4.90 Å². The van der Waals surface area contributed by atoms with Gasteiger partial charge in [0.15, 0.2) is 5.58 Å². The van der Waals surface area contributed by atoms with Gasteiger partial charge in [0.2, 0.25) is 5.89 Å². The standard InChI is InChI=1S/C43H26N2O3/c1-2-11-27(12-3-1)28-13-8-14-29(25-28)45(30-23-24-37-33(26-30)31-15-4-6-19-36(31)46-37)35-18-10-22-40-42(35)41-32(16-9-21-39(41)47-40)43-44-34-17-5-7-20-38(34)48-43/h1-26H. The summed E-state index contributed by atoms with van der Waals surface area (Å²) in [6, 6.07) is 53.9. The number of oxazole rings is 1. The molecule has 0 amide bonds. The topological polar surface area (TPSA) is 55.6 Å². The highest BCUT2D eigenvalue weighted by molar-refractivity contribution is 6.18. The average Bonchev–Trinajstić information content (AvgIpc) is 3.86. The number of nitrogens with zero attached hydrogens (tertiary/aromatic N) is 2. The number of furan rings is 2. The van der Waals surface area contributed by atoms with Gasteiger partial charge in [-0.15, -0.1) is 0 Å². The first kappa shape index (κ1) is 26.6. The van der Waals surface area contributed by atoms with Gasteiger partial charge in [-0.1, -0.05) is 84.9 Å². The molecule has 0 spiro atoms. The molecular formula is C43H26N2O3. The fourth-order valence-corrected chi connectivity index (χ4v) is 6.94. The van der Waals surface area contributed by atoms with Crippen molar-refractivity contribution in [2.45, 2.75) is 0 Å². The number of anilines is 3. The number of para-hydroxylation sites is 3. The van der Waals surface area contributed by atoms with Crippen LogP contribution >= 0.6 is 0 Å². The van der Waals surface area contributed by atoms with Gasteiger partial charge in [0.1, 0.15) is 27.8 Å². The maximum Gasteiger partial charge on any atom is 0.228 e. The molecule has 10 aromatic rings. The van der Waals surface area contributed by atoms with Crippen LogP contribution in [0.4, 0.5) is 17.1 Å². The quantitative estimate of drug-likeness (QED) is 0.192. The number of rotatable bonds is 5. The number of benzene rings is 7. The summed E-state index contributed by atoms with van der Waals surface area (Å²) in [5, 5.41) is 4.07. The second kappa shape index (κ2) is 10.5. The van der Waals surface area contributed by atoms with Crippen molar-refractivity contribution in [3.63, 3.8) is 0 Å². The lowest BCUT2D eigenvalue weighted by Gasteiger charge is -2.27. The van der Waals surface area contributed by atoms with E-state index in [9.17, 15) is 0 Å². The third-order valence-corrected chi connectivity index (χ3v) is 9.10. The first-order chi connectivity index (χ1) is 23.8. The third-order valence-electron chi connectivity index (χ3n) is 9.10. The molecule has 3 heterocycles. The normalized spacial score (nSPS) is 11.8. The van der Waals surface area contributed by atoms with Crippen molar-refractivity contribution in [1.82, 2.24) is 4.98 Å². The average molecular weight is 619 g/mol. The van der Waals surface area contributed by atoms with E-state index in [4.69, 9.17) is 18.2 Å². The van der Waals surface area contributed by atoms with Crippen molar-refractivity contribution in [1.29, 1.82) is 0 Å². The Bertz CT molecular complexity index is 2770. The van der Waals surface area contributed by atoms with E-state index >= 15 is 0 Å². The molecule has 3 aromatic heterocycles. The van der Waals surface area contributed by atoms with Crippen LogP contribution in [0, 0.1) is 0 Å². The highest BCUT2D eigenvalue weighted by atomic mass is 16.4. The molecule has 0 N–H and O–H groups in total. The van der Waals surface area contributed by atoms with Crippen LogP contribution in [0.25, 0.3) is 77.6 Å². The van der Waals surface area contributed by atoms with E-state index in [0.29, 0.717) is 5.89 Å². The molecule has 5 heteroatoms. The summed E-state index contributed by atoms with van der Waals surface area (Å²) in [4.78, 5) is 7.19. The van der Waals surface area contributed by atoms with Crippen LogP contribution in [0.1, 0.15) is 0 Å². The number of hydrogen-bond acceptors (Lipinski definition) is 5. The lowest BCUT2D eigenvalue weighted by Crippen LogP contribution is -2.10. The van der Waals surface area contributed by atoms with Gasteiger partial charge in [-0.05, 0) is 83.9 Å². The molecule has 0 fully saturated rings. The maximum absolute atomic E-state index is 6.55. The molecule has 48 heavy (non-hydrogen) atoms. The summed E-state index contributed by atoms with van der Waals surface area (Å²) in [5.74, 6) is 0.559. The predicted molar refractivity (Wildman–Crippen MR) is 194 cm³/mol. The molecule has 0 saturated carbocycles. The monoisotopic (exact) mass is 618 g/mol. The summed E-state index contributed by atoms with van der Waals surface area (Å²) >= 11 is 0. The van der Waals surface area contributed by atoms with Crippen molar-refractivity contribution < 1.29 is 13.3 Å². The van der Waals surface area contributed by atoms with Crippen LogP contribution in [0.2, 0.25) is 0 Å². The highest BCUT2D eigenvalue weighted by Crippen LogP contribution is 2.47. The van der Waals surface area contributed by atoms with E-state index in [1.807, 2.05) is 60.7 Å². The van der Waals surface area contributed by atoms with Crippen LogP contribution in [0.5, 0.6) is 0 Å². The van der Waals surface area contributed by atoms with Crippen LogP contribution in [-0.4, -0.2) is 4.98 Å². The highest BCUT2D eigenvalue weighted by Gasteiger charge is 2.24. The van der Waals surface area contributed by atoms with E-state index in [-0.39, 0.29) is 0 Å². The molecule has 0 unspecified atom stereocenters. The molecule has 0 saturated heterocycles. The Balaban J connectivity index is 1.27. The molecule has 0 aliphatic heterocycles. The number of aromatic nitrogens is 1. The first-order valence-corrected chi connectivity index (χ1v) is 16.0. The van der Waals surface area contributed by atoms with Gasteiger partial charge in [-0.2, -0.15) is 0 Å². The molecule has 0 bridgehead atoms. The van der Waals surface area contributed by atoms with Crippen molar-refractivity contribution in [3.8, 4) is 22.6 Å². The fraction of sp³-hybridized carbons (Fsp3) is 0. The van der Waals surface area contributed by atoms with Crippen molar-refractivity contribution >= 4 is 72.0 Å². The Kier molecular flexibility index (Phi) is 5.81. The predicted octanol–water partition coefficient (Wildman–Crippen LogP) is 12.4. The first-order valence-electron chi connectivity index (χ1n) is 16.0. The van der Waals surface area contributed by atoms with Crippen LogP contribution in [0.3, 0.4) is 0 Å². The molecule has 0 aliphatic rings. The minimum Gasteiger partial charge on any atom is -0.456 e. The Morgan fingerprint density at radius 3 is 1.98 bits per heavy atom. The lowest BCUT2D eigenvalue weighted by molar-refractivity contribution is 0.620. The largest absolute Gasteiger partial charge is 0.456 e. The van der Waals surface area contributed by atoms with Gasteiger partial charge >= 0.3 is 0 Å². The molecule has 0 radical (unpaired) electrons. The zero-order valence-electron chi connectivity index (χ0n) is 25.6. The summed E-state index contributed by atoms with van der Waals surface area (Å²) in [6.07, 6.45) is 0. The summed E-state index contributed by atoms with van der Waals surface area (Å²) in [7, 11) is 0. The second-order valence-electron chi connectivity index (χ2n) is 11.9. The number of fused-ring (bicyclic) bond motifs is 7. The summed E-state index contributed by atoms with van der Waals surface area (Å²) < 4.78 is 19.1. The molecule has 226 valence electrons. The molecule has 5 nitrogen and oxygen atoms in total. The SMILES string of the molecule is c1ccc(-c2cccc(N(c3ccc4oc5ccccc5c4c3)c3cccc4oc5cccc(-c6nc7ccccc7o6)c5c34)c2)cc1.